The van der Waals surface area contributed by atoms with Crippen LogP contribution in [0.1, 0.15) is 13.3 Å². The number of nitrogens with one attached hydrogen (secondary N) is 2. The Hall–Kier alpha value is -0.850. The Kier molecular flexibility index (Phi) is 6.23. The minimum absolute atomic E-state index is 0.0475. The molecule has 3 nitrogen and oxygen atoms in total. The van der Waals surface area contributed by atoms with Gasteiger partial charge in [0, 0.05) is 6.54 Å². The van der Waals surface area contributed by atoms with Gasteiger partial charge in [-0.3, -0.25) is 4.79 Å². The summed E-state index contributed by atoms with van der Waals surface area (Å²) in [6.45, 7) is 3.08. The first-order chi connectivity index (χ1) is 6.92. The van der Waals surface area contributed by atoms with E-state index in [0.717, 1.165) is 6.54 Å². The zero-order chi connectivity index (χ0) is 11.9. The van der Waals surface area contributed by atoms with Gasteiger partial charge in [0.2, 0.25) is 0 Å². The van der Waals surface area contributed by atoms with Gasteiger partial charge >= 0.3 is 12.3 Å². The van der Waals surface area contributed by atoms with Crippen LogP contribution in [0.25, 0.3) is 0 Å². The van der Waals surface area contributed by atoms with Crippen LogP contribution in [0, 0.1) is 0 Å². The van der Waals surface area contributed by atoms with E-state index in [1.54, 1.807) is 5.32 Å². The Morgan fingerprint density at radius 1 is 1.33 bits per heavy atom. The lowest BCUT2D eigenvalue weighted by Gasteiger charge is -2.14. The molecule has 0 aliphatic carbocycles. The van der Waals surface area contributed by atoms with Crippen molar-refractivity contribution < 1.29 is 22.4 Å². The van der Waals surface area contributed by atoms with Crippen LogP contribution >= 0.6 is 0 Å². The molecule has 0 aliphatic heterocycles. The molecule has 2 N–H and O–H groups in total. The molecule has 1 amide bonds. The van der Waals surface area contributed by atoms with Gasteiger partial charge in [-0.05, 0) is 19.5 Å². The zero-order valence-corrected chi connectivity index (χ0v) is 8.33. The number of carbonyl (C=O) groups is 1. The number of hydrogen-bond acceptors (Lipinski definition) is 2. The summed E-state index contributed by atoms with van der Waals surface area (Å²) < 4.78 is 48.0. The number of rotatable bonds is 7. The highest BCUT2D eigenvalue weighted by Crippen LogP contribution is 2.22. The lowest BCUT2D eigenvalue weighted by Crippen LogP contribution is -2.45. The van der Waals surface area contributed by atoms with E-state index < -0.39 is 18.3 Å². The van der Waals surface area contributed by atoms with Gasteiger partial charge in [-0.15, -0.1) is 0 Å². The minimum atomic E-state index is -4.60. The van der Waals surface area contributed by atoms with Crippen molar-refractivity contribution in [3.63, 3.8) is 0 Å². The second-order valence-electron chi connectivity index (χ2n) is 2.89. The molecule has 0 rings (SSSR count). The SMILES string of the molecule is CCNCCCNC(=O)C(F)(F)C(F)F. The van der Waals surface area contributed by atoms with Gasteiger partial charge in [0.05, 0.1) is 0 Å². The van der Waals surface area contributed by atoms with E-state index in [0.29, 0.717) is 13.0 Å². The molecule has 15 heavy (non-hydrogen) atoms. The average molecular weight is 230 g/mol. The van der Waals surface area contributed by atoms with Crippen LogP contribution in [0.3, 0.4) is 0 Å². The third-order valence-corrected chi connectivity index (χ3v) is 1.64. The average Bonchev–Trinajstić information content (AvgIpc) is 2.16. The predicted octanol–water partition coefficient (Wildman–Crippen LogP) is 1.00. The van der Waals surface area contributed by atoms with Crippen molar-refractivity contribution >= 4 is 5.91 Å². The number of carbonyl (C=O) groups excluding carboxylic acids is 1. The van der Waals surface area contributed by atoms with Gasteiger partial charge in [-0.1, -0.05) is 6.92 Å². The van der Waals surface area contributed by atoms with Crippen LogP contribution < -0.4 is 10.6 Å². The first kappa shape index (κ1) is 14.2. The van der Waals surface area contributed by atoms with E-state index in [1.807, 2.05) is 6.92 Å². The molecule has 0 aromatic heterocycles. The first-order valence-electron chi connectivity index (χ1n) is 4.57. The summed E-state index contributed by atoms with van der Waals surface area (Å²) in [4.78, 5) is 10.6. The minimum Gasteiger partial charge on any atom is -0.351 e. The van der Waals surface area contributed by atoms with Crippen LogP contribution in [0.4, 0.5) is 17.6 Å². The quantitative estimate of drug-likeness (QED) is 0.506. The third kappa shape index (κ3) is 4.96. The Bertz CT molecular complexity index is 199. The summed E-state index contributed by atoms with van der Waals surface area (Å²) >= 11 is 0. The van der Waals surface area contributed by atoms with Crippen molar-refractivity contribution in [1.82, 2.24) is 10.6 Å². The van der Waals surface area contributed by atoms with Crippen molar-refractivity contribution in [2.45, 2.75) is 25.7 Å². The maximum atomic E-state index is 12.3. The molecule has 90 valence electrons. The van der Waals surface area contributed by atoms with Gasteiger partial charge in [-0.2, -0.15) is 8.78 Å². The highest BCUT2D eigenvalue weighted by Gasteiger charge is 2.48. The predicted molar refractivity (Wildman–Crippen MR) is 47.1 cm³/mol. The van der Waals surface area contributed by atoms with Crippen LogP contribution in [0.15, 0.2) is 0 Å². The lowest BCUT2D eigenvalue weighted by atomic mass is 10.3. The van der Waals surface area contributed by atoms with Crippen molar-refractivity contribution in [1.29, 1.82) is 0 Å². The van der Waals surface area contributed by atoms with Gasteiger partial charge < -0.3 is 10.6 Å². The number of alkyl halides is 4. The number of amides is 1. The Morgan fingerprint density at radius 3 is 2.40 bits per heavy atom. The summed E-state index contributed by atoms with van der Waals surface area (Å²) in [6, 6.07) is 0. The molecule has 0 radical (unpaired) electrons. The summed E-state index contributed by atoms with van der Waals surface area (Å²) in [5.74, 6) is -6.52. The summed E-state index contributed by atoms with van der Waals surface area (Å²) in [7, 11) is 0. The van der Waals surface area contributed by atoms with E-state index >= 15 is 0 Å². The molecule has 0 bridgehead atoms. The first-order valence-corrected chi connectivity index (χ1v) is 4.57. The highest BCUT2D eigenvalue weighted by atomic mass is 19.3. The molecule has 7 heteroatoms. The summed E-state index contributed by atoms with van der Waals surface area (Å²) in [6.07, 6.45) is -3.55. The number of hydrogen-bond donors (Lipinski definition) is 2. The Labute approximate surface area is 85.2 Å². The molecule has 0 saturated carbocycles. The van der Waals surface area contributed by atoms with E-state index in [-0.39, 0.29) is 6.54 Å². The second kappa shape index (κ2) is 6.60. The molecule has 0 heterocycles. The van der Waals surface area contributed by atoms with Crippen LogP contribution in [0.2, 0.25) is 0 Å². The zero-order valence-electron chi connectivity index (χ0n) is 8.33. The fraction of sp³-hybridized carbons (Fsp3) is 0.875. The molecule has 0 fully saturated rings. The number of halogens is 4. The maximum Gasteiger partial charge on any atom is 0.383 e. The lowest BCUT2D eigenvalue weighted by molar-refractivity contribution is -0.169. The fourth-order valence-electron chi connectivity index (χ4n) is 0.809. The second-order valence-corrected chi connectivity index (χ2v) is 2.89. The molecular formula is C8H14F4N2O. The molecular weight excluding hydrogens is 216 g/mol. The van der Waals surface area contributed by atoms with Gasteiger partial charge in [0.15, 0.2) is 0 Å². The van der Waals surface area contributed by atoms with Crippen LogP contribution in [0.5, 0.6) is 0 Å². The fourth-order valence-corrected chi connectivity index (χ4v) is 0.809. The van der Waals surface area contributed by atoms with Crippen molar-refractivity contribution in [3.8, 4) is 0 Å². The van der Waals surface area contributed by atoms with Crippen LogP contribution in [-0.4, -0.2) is 37.9 Å². The standard InChI is InChI=1S/C8H14F4N2O/c1-2-13-4-3-5-14-7(15)8(11,12)6(9)10/h6,13H,2-5H2,1H3,(H,14,15). The monoisotopic (exact) mass is 230 g/mol. The van der Waals surface area contributed by atoms with Crippen molar-refractivity contribution in [2.75, 3.05) is 19.6 Å². The Morgan fingerprint density at radius 2 is 1.93 bits per heavy atom. The third-order valence-electron chi connectivity index (χ3n) is 1.64. The molecule has 0 atom stereocenters. The van der Waals surface area contributed by atoms with Gasteiger partial charge in [-0.25, -0.2) is 8.78 Å². The summed E-state index contributed by atoms with van der Waals surface area (Å²) in [5, 5.41) is 4.65. The molecule has 0 saturated heterocycles. The molecule has 0 aliphatic rings. The smallest absolute Gasteiger partial charge is 0.351 e. The maximum absolute atomic E-state index is 12.3. The van der Waals surface area contributed by atoms with Crippen molar-refractivity contribution in [3.05, 3.63) is 0 Å². The highest BCUT2D eigenvalue weighted by molar-refractivity contribution is 5.83. The Balaban J connectivity index is 3.74. The van der Waals surface area contributed by atoms with E-state index in [4.69, 9.17) is 0 Å². The van der Waals surface area contributed by atoms with Crippen molar-refractivity contribution in [2.24, 2.45) is 0 Å². The van der Waals surface area contributed by atoms with E-state index in [1.165, 1.54) is 0 Å². The van der Waals surface area contributed by atoms with Gasteiger partial charge in [0.25, 0.3) is 5.91 Å². The summed E-state index contributed by atoms with van der Waals surface area (Å²) in [5.41, 5.74) is 0. The largest absolute Gasteiger partial charge is 0.383 e. The molecule has 0 aromatic rings. The van der Waals surface area contributed by atoms with E-state index in [2.05, 4.69) is 5.32 Å². The molecule has 0 aromatic carbocycles. The van der Waals surface area contributed by atoms with Gasteiger partial charge in [0.1, 0.15) is 0 Å². The normalized spacial score (nSPS) is 11.9. The molecule has 0 spiro atoms. The van der Waals surface area contributed by atoms with Crippen LogP contribution in [-0.2, 0) is 4.79 Å². The topological polar surface area (TPSA) is 41.1 Å². The van der Waals surface area contributed by atoms with E-state index in [9.17, 15) is 22.4 Å². The molecule has 0 unspecified atom stereocenters.